The molecule has 1 fully saturated rings. The number of aryl methyl sites for hydroxylation is 2. The average molecular weight is 455 g/mol. The van der Waals surface area contributed by atoms with Gasteiger partial charge in [-0.05, 0) is 54.8 Å². The van der Waals surface area contributed by atoms with Crippen LogP contribution in [0.25, 0.3) is 11.4 Å². The Hall–Kier alpha value is -2.71. The van der Waals surface area contributed by atoms with E-state index in [4.69, 9.17) is 4.52 Å². The highest BCUT2D eigenvalue weighted by Crippen LogP contribution is 2.21. The van der Waals surface area contributed by atoms with Crippen molar-refractivity contribution in [3.05, 3.63) is 65.3 Å². The summed E-state index contributed by atoms with van der Waals surface area (Å²) in [5.41, 5.74) is 3.84. The molecule has 0 bridgehead atoms. The van der Waals surface area contributed by atoms with Crippen molar-refractivity contribution < 1.29 is 13.7 Å². The summed E-state index contributed by atoms with van der Waals surface area (Å²) in [6, 6.07) is 12.2. The molecule has 0 atom stereocenters. The summed E-state index contributed by atoms with van der Waals surface area (Å²) >= 11 is 2.00. The number of hydrogen-bond donors (Lipinski definition) is 1. The van der Waals surface area contributed by atoms with E-state index in [0.29, 0.717) is 36.5 Å². The Labute approximate surface area is 191 Å². The Morgan fingerprint density at radius 1 is 1.19 bits per heavy atom. The topological polar surface area (TPSA) is 71.3 Å². The zero-order valence-electron chi connectivity index (χ0n) is 18.1. The zero-order chi connectivity index (χ0) is 22.3. The van der Waals surface area contributed by atoms with Gasteiger partial charge in [0.05, 0.1) is 0 Å². The molecule has 0 radical (unpaired) electrons. The van der Waals surface area contributed by atoms with Crippen molar-refractivity contribution in [2.75, 3.05) is 29.9 Å². The molecule has 6 nitrogen and oxygen atoms in total. The molecule has 2 heterocycles. The number of nitrogens with zero attached hydrogens (tertiary/aromatic N) is 3. The van der Waals surface area contributed by atoms with Crippen molar-refractivity contribution in [2.45, 2.75) is 32.7 Å². The van der Waals surface area contributed by atoms with Gasteiger partial charge in [-0.25, -0.2) is 4.39 Å². The summed E-state index contributed by atoms with van der Waals surface area (Å²) in [4.78, 5) is 19.3. The first-order valence-electron chi connectivity index (χ1n) is 10.8. The second-order valence-corrected chi connectivity index (χ2v) is 9.18. The first-order valence-corrected chi connectivity index (χ1v) is 12.0. The summed E-state index contributed by atoms with van der Waals surface area (Å²) in [7, 11) is 0. The van der Waals surface area contributed by atoms with Gasteiger partial charge in [0.25, 0.3) is 0 Å². The maximum atomic E-state index is 13.1. The molecule has 0 saturated carbocycles. The molecule has 1 aromatic heterocycles. The summed E-state index contributed by atoms with van der Waals surface area (Å²) in [5, 5.41) is 6.98. The second kappa shape index (κ2) is 10.7. The van der Waals surface area contributed by atoms with E-state index in [1.54, 1.807) is 12.1 Å². The number of benzene rings is 2. The van der Waals surface area contributed by atoms with Crippen LogP contribution in [0.15, 0.2) is 47.0 Å². The predicted octanol–water partition coefficient (Wildman–Crippen LogP) is 4.69. The van der Waals surface area contributed by atoms with Crippen LogP contribution in [-0.2, 0) is 17.8 Å². The smallest absolute Gasteiger partial charge is 0.226 e. The number of halogens is 1. The van der Waals surface area contributed by atoms with Gasteiger partial charge in [-0.2, -0.15) is 16.7 Å². The van der Waals surface area contributed by atoms with E-state index in [-0.39, 0.29) is 11.7 Å². The normalized spacial score (nSPS) is 14.4. The number of carbonyl (C=O) groups is 1. The van der Waals surface area contributed by atoms with E-state index >= 15 is 0 Å². The molecule has 1 aliphatic heterocycles. The van der Waals surface area contributed by atoms with Crippen molar-refractivity contribution in [3.63, 3.8) is 0 Å². The molecule has 0 spiro atoms. The Kier molecular flexibility index (Phi) is 7.55. The van der Waals surface area contributed by atoms with E-state index in [2.05, 4.69) is 38.6 Å². The molecule has 2 aromatic carbocycles. The molecule has 1 aliphatic rings. The highest BCUT2D eigenvalue weighted by atomic mass is 32.2. The van der Waals surface area contributed by atoms with E-state index in [1.807, 2.05) is 18.7 Å². The predicted molar refractivity (Wildman–Crippen MR) is 125 cm³/mol. The summed E-state index contributed by atoms with van der Waals surface area (Å²) in [5.74, 6) is 2.91. The lowest BCUT2D eigenvalue weighted by molar-refractivity contribution is -0.116. The Balaban J connectivity index is 1.27. The Morgan fingerprint density at radius 3 is 2.75 bits per heavy atom. The molecular weight excluding hydrogens is 427 g/mol. The van der Waals surface area contributed by atoms with E-state index in [1.165, 1.54) is 29.2 Å². The molecule has 0 aliphatic carbocycles. The van der Waals surface area contributed by atoms with Gasteiger partial charge in [0.15, 0.2) is 0 Å². The molecule has 4 rings (SSSR count). The fraction of sp³-hybridized carbons (Fsp3) is 0.375. The highest BCUT2D eigenvalue weighted by Gasteiger charge is 2.13. The highest BCUT2D eigenvalue weighted by molar-refractivity contribution is 7.99. The number of rotatable bonds is 8. The minimum absolute atomic E-state index is 0.0297. The number of anilines is 1. The molecule has 3 aromatic rings. The van der Waals surface area contributed by atoms with Crippen LogP contribution in [0.5, 0.6) is 0 Å². The quantitative estimate of drug-likeness (QED) is 0.532. The Morgan fingerprint density at radius 2 is 1.97 bits per heavy atom. The van der Waals surface area contributed by atoms with Crippen LogP contribution >= 0.6 is 11.8 Å². The van der Waals surface area contributed by atoms with Crippen LogP contribution in [0, 0.1) is 12.7 Å². The molecule has 1 saturated heterocycles. The van der Waals surface area contributed by atoms with Gasteiger partial charge in [0, 0.05) is 55.2 Å². The van der Waals surface area contributed by atoms with E-state index in [9.17, 15) is 9.18 Å². The minimum Gasteiger partial charge on any atom is -0.339 e. The third kappa shape index (κ3) is 6.17. The molecule has 1 N–H and O–H groups in total. The number of aromatic nitrogens is 2. The number of nitrogens with one attached hydrogen (secondary N) is 1. The third-order valence-corrected chi connectivity index (χ3v) is 6.39. The van der Waals surface area contributed by atoms with Gasteiger partial charge in [-0.1, -0.05) is 17.3 Å². The van der Waals surface area contributed by atoms with Crippen LogP contribution < -0.4 is 5.32 Å². The summed E-state index contributed by atoms with van der Waals surface area (Å²) in [6.45, 7) is 5.14. The van der Waals surface area contributed by atoms with Gasteiger partial charge >= 0.3 is 0 Å². The fourth-order valence-electron chi connectivity index (χ4n) is 3.61. The van der Waals surface area contributed by atoms with Crippen molar-refractivity contribution in [2.24, 2.45) is 0 Å². The standard InChI is InChI=1S/C24H27FN4O2S/c1-17-5-6-18(16-29-11-13-32-14-12-29)15-21(17)26-22(30)3-2-4-23-27-24(28-31-23)19-7-9-20(25)10-8-19/h5-10,15H,2-4,11-14,16H2,1H3,(H,26,30). The molecule has 32 heavy (non-hydrogen) atoms. The van der Waals surface area contributed by atoms with Crippen molar-refractivity contribution >= 4 is 23.4 Å². The maximum absolute atomic E-state index is 13.1. The Bertz CT molecular complexity index is 1050. The minimum atomic E-state index is -0.310. The number of carbonyl (C=O) groups excluding carboxylic acids is 1. The first-order chi connectivity index (χ1) is 15.6. The lowest BCUT2D eigenvalue weighted by atomic mass is 10.1. The second-order valence-electron chi connectivity index (χ2n) is 7.96. The SMILES string of the molecule is Cc1ccc(CN2CCSCC2)cc1NC(=O)CCCc1nc(-c2ccc(F)cc2)no1. The van der Waals surface area contributed by atoms with E-state index < -0.39 is 0 Å². The van der Waals surface area contributed by atoms with Gasteiger partial charge in [0.1, 0.15) is 5.82 Å². The van der Waals surface area contributed by atoms with Crippen LogP contribution in [0.2, 0.25) is 0 Å². The number of thioether (sulfide) groups is 1. The van der Waals surface area contributed by atoms with Crippen LogP contribution in [-0.4, -0.2) is 45.5 Å². The van der Waals surface area contributed by atoms with Gasteiger partial charge < -0.3 is 9.84 Å². The fourth-order valence-corrected chi connectivity index (χ4v) is 4.58. The number of amides is 1. The third-order valence-electron chi connectivity index (χ3n) is 5.45. The van der Waals surface area contributed by atoms with Crippen molar-refractivity contribution in [1.82, 2.24) is 15.0 Å². The molecular formula is C24H27FN4O2S. The summed E-state index contributed by atoms with van der Waals surface area (Å²) in [6.07, 6.45) is 1.47. The van der Waals surface area contributed by atoms with Gasteiger partial charge in [0.2, 0.25) is 17.6 Å². The molecule has 0 unspecified atom stereocenters. The lowest BCUT2D eigenvalue weighted by Gasteiger charge is -2.26. The monoisotopic (exact) mass is 454 g/mol. The van der Waals surface area contributed by atoms with Crippen molar-refractivity contribution in [1.29, 1.82) is 0 Å². The first kappa shape index (κ1) is 22.5. The average Bonchev–Trinajstić information content (AvgIpc) is 3.26. The van der Waals surface area contributed by atoms with Gasteiger partial charge in [-0.15, -0.1) is 0 Å². The van der Waals surface area contributed by atoms with Crippen LogP contribution in [0.4, 0.5) is 10.1 Å². The largest absolute Gasteiger partial charge is 0.339 e. The van der Waals surface area contributed by atoms with Gasteiger partial charge in [-0.3, -0.25) is 9.69 Å². The summed E-state index contributed by atoms with van der Waals surface area (Å²) < 4.78 is 18.3. The van der Waals surface area contributed by atoms with Crippen LogP contribution in [0.3, 0.4) is 0 Å². The van der Waals surface area contributed by atoms with Crippen LogP contribution in [0.1, 0.15) is 29.9 Å². The number of hydrogen-bond acceptors (Lipinski definition) is 6. The lowest BCUT2D eigenvalue weighted by Crippen LogP contribution is -2.32. The maximum Gasteiger partial charge on any atom is 0.226 e. The van der Waals surface area contributed by atoms with E-state index in [0.717, 1.165) is 30.9 Å². The molecule has 168 valence electrons. The van der Waals surface area contributed by atoms with Crippen molar-refractivity contribution in [3.8, 4) is 11.4 Å². The molecule has 1 amide bonds. The molecule has 8 heteroatoms. The zero-order valence-corrected chi connectivity index (χ0v) is 19.0.